The van der Waals surface area contributed by atoms with Crippen molar-refractivity contribution in [2.45, 2.75) is 6.42 Å². The molecule has 0 heterocycles. The molecule has 0 aliphatic heterocycles. The lowest BCUT2D eigenvalue weighted by atomic mass is 10.1. The van der Waals surface area contributed by atoms with Crippen molar-refractivity contribution in [2.24, 2.45) is 4.99 Å². The summed E-state index contributed by atoms with van der Waals surface area (Å²) in [6, 6.07) is 14.2. The van der Waals surface area contributed by atoms with Gasteiger partial charge in [-0.15, -0.1) is 0 Å². The molecule has 0 amide bonds. The second-order valence-corrected chi connectivity index (χ2v) is 4.58. The number of methoxy groups -OCH3 is 1. The van der Waals surface area contributed by atoms with E-state index < -0.39 is 0 Å². The number of carbonyl (C=O) groups excluding carboxylic acids is 1. The number of carbonyl (C=O) groups is 1. The SMILES string of the molecule is COc1ccc(C(=O)CC=Nc2cccc(Cl)c2)cc1. The smallest absolute Gasteiger partial charge is 0.168 e. The van der Waals surface area contributed by atoms with Crippen molar-refractivity contribution < 1.29 is 9.53 Å². The maximum absolute atomic E-state index is 11.9. The molecule has 0 aromatic heterocycles. The van der Waals surface area contributed by atoms with Crippen molar-refractivity contribution in [1.29, 1.82) is 0 Å². The number of rotatable bonds is 5. The first-order valence-corrected chi connectivity index (χ1v) is 6.52. The van der Waals surface area contributed by atoms with Gasteiger partial charge in [-0.2, -0.15) is 0 Å². The Kier molecular flexibility index (Phi) is 4.91. The number of nitrogens with zero attached hydrogens (tertiary/aromatic N) is 1. The quantitative estimate of drug-likeness (QED) is 0.606. The summed E-state index contributed by atoms with van der Waals surface area (Å²) >= 11 is 5.86. The van der Waals surface area contributed by atoms with Gasteiger partial charge in [0.2, 0.25) is 0 Å². The van der Waals surface area contributed by atoms with Gasteiger partial charge in [0, 0.05) is 23.2 Å². The van der Waals surface area contributed by atoms with Gasteiger partial charge in [0.1, 0.15) is 5.75 Å². The third-order valence-electron chi connectivity index (χ3n) is 2.74. The first-order valence-electron chi connectivity index (χ1n) is 6.14. The Labute approximate surface area is 122 Å². The molecule has 0 spiro atoms. The summed E-state index contributed by atoms with van der Waals surface area (Å²) < 4.78 is 5.05. The van der Waals surface area contributed by atoms with E-state index in [1.165, 1.54) is 0 Å². The monoisotopic (exact) mass is 287 g/mol. The molecular formula is C16H14ClNO2. The van der Waals surface area contributed by atoms with Crippen molar-refractivity contribution in [3.05, 3.63) is 59.1 Å². The minimum absolute atomic E-state index is 0.0124. The zero-order chi connectivity index (χ0) is 14.4. The van der Waals surface area contributed by atoms with E-state index in [-0.39, 0.29) is 12.2 Å². The van der Waals surface area contributed by atoms with E-state index in [0.29, 0.717) is 10.6 Å². The van der Waals surface area contributed by atoms with Crippen LogP contribution in [-0.4, -0.2) is 19.1 Å². The van der Waals surface area contributed by atoms with Gasteiger partial charge in [-0.3, -0.25) is 9.79 Å². The molecule has 102 valence electrons. The van der Waals surface area contributed by atoms with Gasteiger partial charge in [-0.1, -0.05) is 17.7 Å². The summed E-state index contributed by atoms with van der Waals surface area (Å²) in [4.78, 5) is 16.2. The lowest BCUT2D eigenvalue weighted by Gasteiger charge is -2.01. The predicted molar refractivity (Wildman–Crippen MR) is 81.5 cm³/mol. The van der Waals surface area contributed by atoms with E-state index in [1.54, 1.807) is 49.7 Å². The van der Waals surface area contributed by atoms with Crippen molar-refractivity contribution in [2.75, 3.05) is 7.11 Å². The molecule has 0 atom stereocenters. The molecule has 0 saturated carbocycles. The Balaban J connectivity index is 1.97. The maximum Gasteiger partial charge on any atom is 0.168 e. The molecule has 0 aliphatic rings. The highest BCUT2D eigenvalue weighted by molar-refractivity contribution is 6.30. The highest BCUT2D eigenvalue weighted by Gasteiger charge is 2.04. The molecule has 0 saturated heterocycles. The van der Waals surface area contributed by atoms with Crippen molar-refractivity contribution in [3.63, 3.8) is 0 Å². The number of ether oxygens (including phenoxy) is 1. The highest BCUT2D eigenvalue weighted by atomic mass is 35.5. The Morgan fingerprint density at radius 2 is 2.00 bits per heavy atom. The largest absolute Gasteiger partial charge is 0.497 e. The molecule has 2 rings (SSSR count). The van der Waals surface area contributed by atoms with Crippen molar-refractivity contribution in [3.8, 4) is 5.75 Å². The number of ketones is 1. The zero-order valence-electron chi connectivity index (χ0n) is 11.0. The molecule has 0 N–H and O–H groups in total. The third kappa shape index (κ3) is 3.93. The van der Waals surface area contributed by atoms with Crippen LogP contribution in [0.15, 0.2) is 53.5 Å². The van der Waals surface area contributed by atoms with Crippen molar-refractivity contribution >= 4 is 29.3 Å². The van der Waals surface area contributed by atoms with Crippen LogP contribution in [0.3, 0.4) is 0 Å². The molecule has 2 aromatic rings. The van der Waals surface area contributed by atoms with E-state index in [0.717, 1.165) is 11.4 Å². The van der Waals surface area contributed by atoms with Gasteiger partial charge < -0.3 is 4.74 Å². The summed E-state index contributed by atoms with van der Waals surface area (Å²) in [5.41, 5.74) is 1.38. The Morgan fingerprint density at radius 3 is 2.65 bits per heavy atom. The molecule has 0 unspecified atom stereocenters. The minimum Gasteiger partial charge on any atom is -0.497 e. The van der Waals surface area contributed by atoms with Crippen LogP contribution in [0.2, 0.25) is 5.02 Å². The highest BCUT2D eigenvalue weighted by Crippen LogP contribution is 2.17. The Morgan fingerprint density at radius 1 is 1.25 bits per heavy atom. The first-order chi connectivity index (χ1) is 9.69. The van der Waals surface area contributed by atoms with Gasteiger partial charge in [0.05, 0.1) is 12.8 Å². The fourth-order valence-corrected chi connectivity index (χ4v) is 1.87. The number of hydrogen-bond donors (Lipinski definition) is 0. The number of Topliss-reactive ketones (excluding diaryl/α,β-unsaturated/α-hetero) is 1. The van der Waals surface area contributed by atoms with Gasteiger partial charge in [0.15, 0.2) is 5.78 Å². The van der Waals surface area contributed by atoms with Crippen LogP contribution < -0.4 is 4.74 Å². The second kappa shape index (κ2) is 6.87. The van der Waals surface area contributed by atoms with Crippen LogP contribution in [0.4, 0.5) is 5.69 Å². The normalized spacial score (nSPS) is 10.7. The van der Waals surface area contributed by atoms with E-state index in [4.69, 9.17) is 16.3 Å². The lowest BCUT2D eigenvalue weighted by Crippen LogP contribution is -1.99. The van der Waals surface area contributed by atoms with Crippen LogP contribution in [0.5, 0.6) is 5.75 Å². The van der Waals surface area contributed by atoms with E-state index in [1.807, 2.05) is 12.1 Å². The molecule has 0 radical (unpaired) electrons. The number of aliphatic imine (C=N–C) groups is 1. The van der Waals surface area contributed by atoms with Crippen LogP contribution in [0.1, 0.15) is 16.8 Å². The molecule has 3 nitrogen and oxygen atoms in total. The topological polar surface area (TPSA) is 38.7 Å². The molecular weight excluding hydrogens is 274 g/mol. The second-order valence-electron chi connectivity index (χ2n) is 4.15. The Bertz CT molecular complexity index is 621. The number of benzene rings is 2. The summed E-state index contributed by atoms with van der Waals surface area (Å²) in [6.07, 6.45) is 1.84. The maximum atomic E-state index is 11.9. The minimum atomic E-state index is 0.0124. The van der Waals surface area contributed by atoms with Crippen molar-refractivity contribution in [1.82, 2.24) is 0 Å². The molecule has 0 fully saturated rings. The van der Waals surface area contributed by atoms with Gasteiger partial charge in [0.25, 0.3) is 0 Å². The average molecular weight is 288 g/mol. The average Bonchev–Trinajstić information content (AvgIpc) is 2.47. The van der Waals surface area contributed by atoms with Crippen LogP contribution >= 0.6 is 11.6 Å². The molecule has 20 heavy (non-hydrogen) atoms. The Hall–Kier alpha value is -2.13. The fourth-order valence-electron chi connectivity index (χ4n) is 1.69. The predicted octanol–water partition coefficient (Wildman–Crippen LogP) is 4.32. The molecule has 4 heteroatoms. The number of hydrogen-bond acceptors (Lipinski definition) is 3. The van der Waals surface area contributed by atoms with Gasteiger partial charge >= 0.3 is 0 Å². The summed E-state index contributed by atoms with van der Waals surface area (Å²) in [5.74, 6) is 0.743. The lowest BCUT2D eigenvalue weighted by molar-refractivity contribution is 0.100. The van der Waals surface area contributed by atoms with Crippen LogP contribution in [-0.2, 0) is 0 Å². The molecule has 2 aromatic carbocycles. The number of halogens is 1. The van der Waals surface area contributed by atoms with Crippen LogP contribution in [0.25, 0.3) is 0 Å². The third-order valence-corrected chi connectivity index (χ3v) is 2.97. The van der Waals surface area contributed by atoms with Crippen LogP contribution in [0, 0.1) is 0 Å². The van der Waals surface area contributed by atoms with E-state index >= 15 is 0 Å². The van der Waals surface area contributed by atoms with Gasteiger partial charge in [-0.25, -0.2) is 0 Å². The summed E-state index contributed by atoms with van der Waals surface area (Å²) in [5, 5.41) is 0.626. The van der Waals surface area contributed by atoms with E-state index in [9.17, 15) is 4.79 Å². The standard InChI is InChI=1S/C16H14ClNO2/c1-20-15-7-5-12(6-8-15)16(19)9-10-18-14-4-2-3-13(17)11-14/h2-8,10-11H,9H2,1H3. The fraction of sp³-hybridized carbons (Fsp3) is 0.125. The summed E-state index contributed by atoms with van der Waals surface area (Å²) in [7, 11) is 1.59. The summed E-state index contributed by atoms with van der Waals surface area (Å²) in [6.45, 7) is 0. The van der Waals surface area contributed by atoms with E-state index in [2.05, 4.69) is 4.99 Å². The molecule has 0 aliphatic carbocycles. The van der Waals surface area contributed by atoms with Gasteiger partial charge in [-0.05, 0) is 42.5 Å². The molecule has 0 bridgehead atoms. The zero-order valence-corrected chi connectivity index (χ0v) is 11.8. The first kappa shape index (κ1) is 14.3.